The van der Waals surface area contributed by atoms with Crippen LogP contribution < -0.4 is 16.8 Å². The number of aliphatic imine (C=N–C) groups is 1. The maximum atomic E-state index is 12.6. The molecule has 2 aromatic rings. The number of rotatable bonds is 9. The SMILES string of the molecule is CCOC(=O)C(=CN)C(=Nc1cccc(-c2cccc(CO)c2)c1)[C@@H]1CC1/C(N)=C/NC. The number of hydrogen-bond acceptors (Lipinski definition) is 7. The number of carbonyl (C=O) groups is 1. The molecule has 2 atom stereocenters. The Morgan fingerprint density at radius 1 is 1.22 bits per heavy atom. The Morgan fingerprint density at radius 3 is 2.59 bits per heavy atom. The third-order valence-electron chi connectivity index (χ3n) is 5.36. The molecule has 7 nitrogen and oxygen atoms in total. The van der Waals surface area contributed by atoms with E-state index >= 15 is 0 Å². The summed E-state index contributed by atoms with van der Waals surface area (Å²) in [5.41, 5.74) is 17.0. The van der Waals surface area contributed by atoms with Crippen molar-refractivity contribution in [3.8, 4) is 11.1 Å². The molecule has 0 saturated heterocycles. The lowest BCUT2D eigenvalue weighted by Gasteiger charge is -2.11. The van der Waals surface area contributed by atoms with Gasteiger partial charge in [-0.15, -0.1) is 0 Å². The fourth-order valence-electron chi connectivity index (χ4n) is 3.69. The smallest absolute Gasteiger partial charge is 0.341 e. The predicted molar refractivity (Wildman–Crippen MR) is 127 cm³/mol. The number of benzene rings is 2. The number of aliphatic hydroxyl groups excluding tert-OH is 1. The van der Waals surface area contributed by atoms with Crippen LogP contribution in [0.1, 0.15) is 18.9 Å². The zero-order chi connectivity index (χ0) is 23.1. The van der Waals surface area contributed by atoms with Crippen LogP contribution in [0, 0.1) is 11.8 Å². The molecule has 0 spiro atoms. The van der Waals surface area contributed by atoms with Crippen molar-refractivity contribution in [1.29, 1.82) is 0 Å². The lowest BCUT2D eigenvalue weighted by atomic mass is 10.0. The van der Waals surface area contributed by atoms with Crippen LogP contribution in [0.15, 0.2) is 77.2 Å². The monoisotopic (exact) mass is 434 g/mol. The molecule has 0 aliphatic heterocycles. The van der Waals surface area contributed by atoms with E-state index in [1.807, 2.05) is 48.5 Å². The van der Waals surface area contributed by atoms with Crippen LogP contribution in [0.4, 0.5) is 5.69 Å². The average Bonchev–Trinajstić information content (AvgIpc) is 3.60. The molecule has 32 heavy (non-hydrogen) atoms. The first-order valence-corrected chi connectivity index (χ1v) is 10.6. The van der Waals surface area contributed by atoms with Crippen molar-refractivity contribution in [3.63, 3.8) is 0 Å². The van der Waals surface area contributed by atoms with Gasteiger partial charge in [0.15, 0.2) is 0 Å². The average molecular weight is 435 g/mol. The van der Waals surface area contributed by atoms with Crippen molar-refractivity contribution >= 4 is 17.4 Å². The Bertz CT molecular complexity index is 1060. The summed E-state index contributed by atoms with van der Waals surface area (Å²) in [6, 6.07) is 15.4. The molecule has 0 amide bonds. The largest absolute Gasteiger partial charge is 0.462 e. The minimum Gasteiger partial charge on any atom is -0.462 e. The minimum atomic E-state index is -0.498. The zero-order valence-electron chi connectivity index (χ0n) is 18.4. The van der Waals surface area contributed by atoms with Crippen molar-refractivity contribution in [2.45, 2.75) is 20.0 Å². The molecule has 7 heteroatoms. The molecule has 1 aliphatic carbocycles. The Hall–Kier alpha value is -3.58. The van der Waals surface area contributed by atoms with Gasteiger partial charge in [0, 0.05) is 37.0 Å². The summed E-state index contributed by atoms with van der Waals surface area (Å²) < 4.78 is 5.20. The van der Waals surface area contributed by atoms with Gasteiger partial charge in [0.2, 0.25) is 0 Å². The summed E-state index contributed by atoms with van der Waals surface area (Å²) >= 11 is 0. The lowest BCUT2D eigenvalue weighted by Crippen LogP contribution is -2.20. The number of esters is 1. The normalized spacial score (nSPS) is 18.9. The lowest BCUT2D eigenvalue weighted by molar-refractivity contribution is -0.137. The van der Waals surface area contributed by atoms with E-state index in [1.165, 1.54) is 6.20 Å². The molecular formula is C25H30N4O3. The second-order valence-electron chi connectivity index (χ2n) is 7.59. The van der Waals surface area contributed by atoms with E-state index in [-0.39, 0.29) is 30.6 Å². The summed E-state index contributed by atoms with van der Waals surface area (Å²) in [6.07, 6.45) is 3.80. The Kier molecular flexibility index (Phi) is 7.68. The fraction of sp³-hybridized carbons (Fsp3) is 0.280. The number of nitrogens with two attached hydrogens (primary N) is 2. The van der Waals surface area contributed by atoms with Gasteiger partial charge >= 0.3 is 5.97 Å². The van der Waals surface area contributed by atoms with Crippen LogP contribution in [-0.4, -0.2) is 30.4 Å². The molecular weight excluding hydrogens is 404 g/mol. The molecule has 0 bridgehead atoms. The molecule has 1 unspecified atom stereocenters. The molecule has 0 radical (unpaired) electrons. The first kappa shape index (κ1) is 23.1. The van der Waals surface area contributed by atoms with Gasteiger partial charge in [0.1, 0.15) is 0 Å². The van der Waals surface area contributed by atoms with Gasteiger partial charge in [0.05, 0.1) is 30.2 Å². The highest BCUT2D eigenvalue weighted by Crippen LogP contribution is 2.45. The summed E-state index contributed by atoms with van der Waals surface area (Å²) in [5.74, 6) is -0.447. The quantitative estimate of drug-likeness (QED) is 0.273. The molecule has 0 heterocycles. The standard InChI is InChI=1S/C25H30N4O3/c1-3-32-25(31)22(13-26)24(21-12-20(21)23(27)14-28-2)29-19-9-5-8-18(11-19)17-7-4-6-16(10-17)15-30/h4-11,13-14,20-21,28,30H,3,12,15,26-27H2,1-2H3/b22-13?,23-14-,29-24?/t20?,21-/m1/s1. The zero-order valence-corrected chi connectivity index (χ0v) is 18.4. The number of ether oxygens (including phenoxy) is 1. The van der Waals surface area contributed by atoms with E-state index in [2.05, 4.69) is 5.32 Å². The van der Waals surface area contributed by atoms with Crippen molar-refractivity contribution in [3.05, 3.63) is 77.8 Å². The second-order valence-corrected chi connectivity index (χ2v) is 7.59. The van der Waals surface area contributed by atoms with Crippen LogP contribution in [0.5, 0.6) is 0 Å². The fourth-order valence-corrected chi connectivity index (χ4v) is 3.69. The van der Waals surface area contributed by atoms with Crippen LogP contribution in [-0.2, 0) is 16.1 Å². The van der Waals surface area contributed by atoms with Gasteiger partial charge in [-0.1, -0.05) is 30.3 Å². The first-order valence-electron chi connectivity index (χ1n) is 10.6. The Labute approximate surface area is 188 Å². The van der Waals surface area contributed by atoms with E-state index < -0.39 is 5.97 Å². The van der Waals surface area contributed by atoms with Crippen molar-refractivity contribution < 1.29 is 14.6 Å². The molecule has 1 saturated carbocycles. The molecule has 3 rings (SSSR count). The van der Waals surface area contributed by atoms with E-state index in [0.717, 1.165) is 23.1 Å². The van der Waals surface area contributed by atoms with Crippen molar-refractivity contribution in [2.24, 2.45) is 28.3 Å². The second kappa shape index (κ2) is 10.6. The van der Waals surface area contributed by atoms with Crippen LogP contribution in [0.25, 0.3) is 11.1 Å². The maximum absolute atomic E-state index is 12.6. The minimum absolute atomic E-state index is 0.0232. The van der Waals surface area contributed by atoms with Crippen LogP contribution in [0.2, 0.25) is 0 Å². The molecule has 1 aliphatic rings. The Balaban J connectivity index is 2.00. The highest BCUT2D eigenvalue weighted by molar-refractivity contribution is 6.22. The van der Waals surface area contributed by atoms with E-state index in [4.69, 9.17) is 21.2 Å². The highest BCUT2D eigenvalue weighted by Gasteiger charge is 2.45. The summed E-state index contributed by atoms with van der Waals surface area (Å²) in [6.45, 7) is 1.97. The van der Waals surface area contributed by atoms with Crippen molar-refractivity contribution in [2.75, 3.05) is 13.7 Å². The summed E-state index contributed by atoms with van der Waals surface area (Å²) in [7, 11) is 1.79. The van der Waals surface area contributed by atoms with Crippen LogP contribution in [0.3, 0.4) is 0 Å². The molecule has 168 valence electrons. The highest BCUT2D eigenvalue weighted by atomic mass is 16.5. The first-order chi connectivity index (χ1) is 15.5. The van der Waals surface area contributed by atoms with Gasteiger partial charge in [0.25, 0.3) is 0 Å². The molecule has 6 N–H and O–H groups in total. The molecule has 0 aromatic heterocycles. The van der Waals surface area contributed by atoms with Gasteiger partial charge in [-0.25, -0.2) is 4.79 Å². The predicted octanol–water partition coefficient (Wildman–Crippen LogP) is 2.98. The third kappa shape index (κ3) is 5.36. The van der Waals surface area contributed by atoms with Gasteiger partial charge in [-0.05, 0) is 48.2 Å². The number of carbonyl (C=O) groups excluding carboxylic acids is 1. The summed E-state index contributed by atoms with van der Waals surface area (Å²) in [4.78, 5) is 17.4. The Morgan fingerprint density at radius 2 is 1.94 bits per heavy atom. The number of hydrogen-bond donors (Lipinski definition) is 4. The van der Waals surface area contributed by atoms with E-state index in [9.17, 15) is 9.90 Å². The molecule has 1 fully saturated rings. The molecule has 2 aromatic carbocycles. The summed E-state index contributed by atoms with van der Waals surface area (Å²) in [5, 5.41) is 12.4. The maximum Gasteiger partial charge on any atom is 0.341 e. The van der Waals surface area contributed by atoms with Gasteiger partial charge in [-0.2, -0.15) is 0 Å². The van der Waals surface area contributed by atoms with Gasteiger partial charge < -0.3 is 26.6 Å². The van der Waals surface area contributed by atoms with E-state index in [1.54, 1.807) is 20.2 Å². The third-order valence-corrected chi connectivity index (χ3v) is 5.36. The number of nitrogens with one attached hydrogen (secondary N) is 1. The van der Waals surface area contributed by atoms with Crippen molar-refractivity contribution in [1.82, 2.24) is 5.32 Å². The number of nitrogens with zero attached hydrogens (tertiary/aromatic N) is 1. The topological polar surface area (TPSA) is 123 Å². The van der Waals surface area contributed by atoms with E-state index in [0.29, 0.717) is 17.1 Å². The number of allylic oxidation sites excluding steroid dienone is 1. The van der Waals surface area contributed by atoms with Crippen LogP contribution >= 0.6 is 0 Å². The number of aliphatic hydroxyl groups is 1. The van der Waals surface area contributed by atoms with Gasteiger partial charge in [-0.3, -0.25) is 4.99 Å².